The number of carbonyl (C=O) groups is 1. The van der Waals surface area contributed by atoms with Crippen LogP contribution in [0.3, 0.4) is 0 Å². The van der Waals surface area contributed by atoms with Gasteiger partial charge in [-0.05, 0) is 44.2 Å². The molecule has 1 aromatic heterocycles. The molecule has 108 valence electrons. The highest BCUT2D eigenvalue weighted by Gasteiger charge is 2.20. The number of aromatic nitrogens is 1. The van der Waals surface area contributed by atoms with Crippen LogP contribution in [0.2, 0.25) is 0 Å². The van der Waals surface area contributed by atoms with Gasteiger partial charge in [-0.15, -0.1) is 0 Å². The van der Waals surface area contributed by atoms with Crippen molar-refractivity contribution < 1.29 is 9.53 Å². The zero-order valence-electron chi connectivity index (χ0n) is 12.3. The van der Waals surface area contributed by atoms with Gasteiger partial charge in [0.2, 0.25) is 0 Å². The first-order chi connectivity index (χ1) is 10.3. The van der Waals surface area contributed by atoms with Crippen LogP contribution in [0.5, 0.6) is 0 Å². The van der Waals surface area contributed by atoms with E-state index in [-0.39, 0.29) is 5.97 Å². The normalized spacial score (nSPS) is 13.6. The van der Waals surface area contributed by atoms with Crippen LogP contribution in [0, 0.1) is 0 Å². The van der Waals surface area contributed by atoms with Crippen molar-refractivity contribution in [2.24, 2.45) is 0 Å². The summed E-state index contributed by atoms with van der Waals surface area (Å²) in [6, 6.07) is 11.9. The van der Waals surface area contributed by atoms with E-state index in [2.05, 4.69) is 0 Å². The molecule has 1 heterocycles. The van der Waals surface area contributed by atoms with Crippen molar-refractivity contribution in [2.45, 2.75) is 32.6 Å². The molecule has 3 nitrogen and oxygen atoms in total. The lowest BCUT2D eigenvalue weighted by atomic mass is 9.93. The van der Waals surface area contributed by atoms with Gasteiger partial charge in [0.25, 0.3) is 0 Å². The number of rotatable bonds is 3. The first-order valence-electron chi connectivity index (χ1n) is 7.55. The third-order valence-electron chi connectivity index (χ3n) is 3.84. The Morgan fingerprint density at radius 3 is 2.71 bits per heavy atom. The van der Waals surface area contributed by atoms with Crippen molar-refractivity contribution in [2.75, 3.05) is 6.61 Å². The highest BCUT2D eigenvalue weighted by molar-refractivity contribution is 5.96. The molecule has 1 aliphatic carbocycles. The van der Waals surface area contributed by atoms with Gasteiger partial charge in [0.15, 0.2) is 0 Å². The monoisotopic (exact) mass is 281 g/mol. The molecule has 0 amide bonds. The van der Waals surface area contributed by atoms with Crippen LogP contribution >= 0.6 is 0 Å². The predicted molar refractivity (Wildman–Crippen MR) is 82.3 cm³/mol. The zero-order valence-corrected chi connectivity index (χ0v) is 12.3. The second-order valence-corrected chi connectivity index (χ2v) is 5.28. The van der Waals surface area contributed by atoms with Crippen molar-refractivity contribution in [1.29, 1.82) is 0 Å². The van der Waals surface area contributed by atoms with E-state index in [4.69, 9.17) is 9.72 Å². The maximum absolute atomic E-state index is 12.3. The van der Waals surface area contributed by atoms with E-state index in [1.54, 1.807) is 0 Å². The maximum Gasteiger partial charge on any atom is 0.340 e. The molecule has 3 heteroatoms. The summed E-state index contributed by atoms with van der Waals surface area (Å²) in [5, 5.41) is 0. The molecular weight excluding hydrogens is 262 g/mol. The average Bonchev–Trinajstić information content (AvgIpc) is 2.54. The van der Waals surface area contributed by atoms with Gasteiger partial charge in [-0.1, -0.05) is 30.3 Å². The van der Waals surface area contributed by atoms with Crippen LogP contribution in [0.25, 0.3) is 11.3 Å². The molecule has 2 aromatic rings. The Labute approximate surface area is 125 Å². The summed E-state index contributed by atoms with van der Waals surface area (Å²) in [6.45, 7) is 2.20. The minimum atomic E-state index is -0.280. The third kappa shape index (κ3) is 2.82. The fourth-order valence-corrected chi connectivity index (χ4v) is 2.81. The summed E-state index contributed by atoms with van der Waals surface area (Å²) in [5.74, 6) is -0.280. The van der Waals surface area contributed by atoms with Gasteiger partial charge in [-0.3, -0.25) is 4.98 Å². The molecule has 3 rings (SSSR count). The van der Waals surface area contributed by atoms with E-state index in [1.165, 1.54) is 18.4 Å². The van der Waals surface area contributed by atoms with Crippen LogP contribution in [0.15, 0.2) is 36.4 Å². The molecule has 0 saturated heterocycles. The molecule has 0 fully saturated rings. The van der Waals surface area contributed by atoms with Crippen molar-refractivity contribution >= 4 is 5.97 Å². The third-order valence-corrected chi connectivity index (χ3v) is 3.84. The molecule has 21 heavy (non-hydrogen) atoms. The van der Waals surface area contributed by atoms with Crippen molar-refractivity contribution in [3.63, 3.8) is 0 Å². The zero-order chi connectivity index (χ0) is 14.7. The number of aryl methyl sites for hydroxylation is 2. The molecule has 0 radical (unpaired) electrons. The van der Waals surface area contributed by atoms with Crippen LogP contribution in [-0.2, 0) is 17.6 Å². The first-order valence-corrected chi connectivity index (χ1v) is 7.55. The molecular formula is C18H19NO2. The van der Waals surface area contributed by atoms with E-state index in [9.17, 15) is 4.79 Å². The van der Waals surface area contributed by atoms with Crippen molar-refractivity contribution in [3.05, 3.63) is 53.2 Å². The van der Waals surface area contributed by atoms with E-state index in [1.807, 2.05) is 43.3 Å². The predicted octanol–water partition coefficient (Wildman–Crippen LogP) is 3.80. The Morgan fingerprint density at radius 2 is 1.95 bits per heavy atom. The number of benzene rings is 1. The van der Waals surface area contributed by atoms with Gasteiger partial charge in [0, 0.05) is 11.3 Å². The number of hydrogen-bond acceptors (Lipinski definition) is 3. The Kier molecular flexibility index (Phi) is 4.00. The van der Waals surface area contributed by atoms with Gasteiger partial charge in [-0.25, -0.2) is 4.79 Å². The van der Waals surface area contributed by atoms with Gasteiger partial charge in [0.05, 0.1) is 17.9 Å². The van der Waals surface area contributed by atoms with E-state index in [0.717, 1.165) is 29.8 Å². The summed E-state index contributed by atoms with van der Waals surface area (Å²) >= 11 is 0. The minimum Gasteiger partial charge on any atom is -0.462 e. The van der Waals surface area contributed by atoms with Crippen molar-refractivity contribution in [1.82, 2.24) is 4.98 Å². The largest absolute Gasteiger partial charge is 0.462 e. The van der Waals surface area contributed by atoms with Gasteiger partial charge in [-0.2, -0.15) is 0 Å². The van der Waals surface area contributed by atoms with E-state index < -0.39 is 0 Å². The van der Waals surface area contributed by atoms with Gasteiger partial charge < -0.3 is 4.74 Å². The number of esters is 1. The summed E-state index contributed by atoms with van der Waals surface area (Å²) in [6.07, 6.45) is 4.34. The molecule has 0 aliphatic heterocycles. The van der Waals surface area contributed by atoms with Crippen LogP contribution < -0.4 is 0 Å². The number of fused-ring (bicyclic) bond motifs is 1. The molecule has 0 saturated carbocycles. The smallest absolute Gasteiger partial charge is 0.340 e. The second-order valence-electron chi connectivity index (χ2n) is 5.28. The van der Waals surface area contributed by atoms with Crippen LogP contribution in [-0.4, -0.2) is 17.6 Å². The summed E-state index contributed by atoms with van der Waals surface area (Å²) in [5.41, 5.74) is 4.63. The Balaban J connectivity index is 2.13. The number of pyridine rings is 1. The number of nitrogens with zero attached hydrogens (tertiary/aromatic N) is 1. The number of ether oxygens (including phenoxy) is 1. The lowest BCUT2D eigenvalue weighted by Gasteiger charge is -2.18. The van der Waals surface area contributed by atoms with Gasteiger partial charge >= 0.3 is 5.97 Å². The molecule has 0 atom stereocenters. The Hall–Kier alpha value is -2.16. The van der Waals surface area contributed by atoms with Crippen LogP contribution in [0.1, 0.15) is 41.4 Å². The highest BCUT2D eigenvalue weighted by atomic mass is 16.5. The molecule has 0 unspecified atom stereocenters. The fraction of sp³-hybridized carbons (Fsp3) is 0.333. The quantitative estimate of drug-likeness (QED) is 0.803. The molecule has 1 aromatic carbocycles. The summed E-state index contributed by atoms with van der Waals surface area (Å²) < 4.78 is 5.20. The molecule has 0 bridgehead atoms. The SMILES string of the molecule is CCOC(=O)c1cc2c(nc1-c1ccccc1)CCCC2. The van der Waals surface area contributed by atoms with Crippen molar-refractivity contribution in [3.8, 4) is 11.3 Å². The average molecular weight is 281 g/mol. The summed E-state index contributed by atoms with van der Waals surface area (Å²) in [4.78, 5) is 17.0. The highest BCUT2D eigenvalue weighted by Crippen LogP contribution is 2.28. The summed E-state index contributed by atoms with van der Waals surface area (Å²) in [7, 11) is 0. The van der Waals surface area contributed by atoms with E-state index in [0.29, 0.717) is 12.2 Å². The molecule has 0 spiro atoms. The van der Waals surface area contributed by atoms with E-state index >= 15 is 0 Å². The lowest BCUT2D eigenvalue weighted by molar-refractivity contribution is 0.0526. The first kappa shape index (κ1) is 13.8. The number of carbonyl (C=O) groups excluding carboxylic acids is 1. The Morgan fingerprint density at radius 1 is 1.19 bits per heavy atom. The molecule has 0 N–H and O–H groups in total. The second kappa shape index (κ2) is 6.08. The maximum atomic E-state index is 12.3. The number of hydrogen-bond donors (Lipinski definition) is 0. The van der Waals surface area contributed by atoms with Crippen LogP contribution in [0.4, 0.5) is 0 Å². The topological polar surface area (TPSA) is 39.2 Å². The standard InChI is InChI=1S/C18H19NO2/c1-2-21-18(20)15-12-14-10-6-7-11-16(14)19-17(15)13-8-4-3-5-9-13/h3-5,8-9,12H,2,6-7,10-11H2,1H3. The fourth-order valence-electron chi connectivity index (χ4n) is 2.81. The Bertz CT molecular complexity index is 650. The molecule has 1 aliphatic rings. The van der Waals surface area contributed by atoms with Gasteiger partial charge in [0.1, 0.15) is 0 Å². The minimum absolute atomic E-state index is 0.280. The lowest BCUT2D eigenvalue weighted by Crippen LogP contribution is -2.13.